The number of likely N-dealkylation sites (N-methyl/N-ethyl adjacent to an activating group) is 1. The number of nitrogens with one attached hydrogen (secondary N) is 1. The first-order valence-corrected chi connectivity index (χ1v) is 6.29. The summed E-state index contributed by atoms with van der Waals surface area (Å²) in [5.41, 5.74) is 5.99. The molecule has 0 spiro atoms. The quantitative estimate of drug-likeness (QED) is 0.643. The Hall–Kier alpha value is -1.33. The van der Waals surface area contributed by atoms with Gasteiger partial charge < -0.3 is 15.4 Å². The molecule has 0 radical (unpaired) electrons. The molecular formula is C12H17ClN4O. The van der Waals surface area contributed by atoms with Crippen LogP contribution in [-0.4, -0.2) is 37.1 Å². The molecule has 3 N–H and O–H groups in total. The lowest BCUT2D eigenvalue weighted by Crippen LogP contribution is -2.29. The van der Waals surface area contributed by atoms with E-state index in [1.165, 1.54) is 0 Å². The van der Waals surface area contributed by atoms with Crippen molar-refractivity contribution in [3.63, 3.8) is 0 Å². The van der Waals surface area contributed by atoms with Gasteiger partial charge in [0.2, 0.25) is 0 Å². The molecule has 0 amide bonds. The van der Waals surface area contributed by atoms with Gasteiger partial charge in [0.1, 0.15) is 11.7 Å². The van der Waals surface area contributed by atoms with Gasteiger partial charge in [-0.1, -0.05) is 11.6 Å². The third-order valence-electron chi connectivity index (χ3n) is 3.02. The SMILES string of the molecule is CN(CC1CCCO1)c1nccc(C(=N)N)c1Cl. The van der Waals surface area contributed by atoms with Crippen LogP contribution in [0.5, 0.6) is 0 Å². The number of hydrogen-bond acceptors (Lipinski definition) is 4. The first-order chi connectivity index (χ1) is 8.59. The van der Waals surface area contributed by atoms with Crippen LogP contribution in [0, 0.1) is 5.41 Å². The fourth-order valence-corrected chi connectivity index (χ4v) is 2.44. The van der Waals surface area contributed by atoms with Crippen molar-refractivity contribution >= 4 is 23.3 Å². The Balaban J connectivity index is 2.16. The monoisotopic (exact) mass is 268 g/mol. The summed E-state index contributed by atoms with van der Waals surface area (Å²) < 4.78 is 5.58. The number of nitrogens with zero attached hydrogens (tertiary/aromatic N) is 2. The molecule has 2 rings (SSSR count). The van der Waals surface area contributed by atoms with Gasteiger partial charge in [-0.2, -0.15) is 0 Å². The van der Waals surface area contributed by atoms with Crippen LogP contribution in [0.1, 0.15) is 18.4 Å². The predicted molar refractivity (Wildman–Crippen MR) is 72.5 cm³/mol. The summed E-state index contributed by atoms with van der Waals surface area (Å²) in [6.07, 6.45) is 4.01. The average molecular weight is 269 g/mol. The minimum Gasteiger partial charge on any atom is -0.384 e. The van der Waals surface area contributed by atoms with E-state index in [0.717, 1.165) is 26.0 Å². The van der Waals surface area contributed by atoms with Gasteiger partial charge >= 0.3 is 0 Å². The van der Waals surface area contributed by atoms with E-state index in [1.54, 1.807) is 12.3 Å². The number of rotatable bonds is 4. The largest absolute Gasteiger partial charge is 0.384 e. The van der Waals surface area contributed by atoms with Crippen molar-refractivity contribution in [2.75, 3.05) is 25.1 Å². The van der Waals surface area contributed by atoms with E-state index >= 15 is 0 Å². The van der Waals surface area contributed by atoms with Gasteiger partial charge in [0.25, 0.3) is 0 Å². The van der Waals surface area contributed by atoms with E-state index in [9.17, 15) is 0 Å². The summed E-state index contributed by atoms with van der Waals surface area (Å²) in [4.78, 5) is 6.20. The highest BCUT2D eigenvalue weighted by atomic mass is 35.5. The van der Waals surface area contributed by atoms with Crippen LogP contribution < -0.4 is 10.6 Å². The van der Waals surface area contributed by atoms with Crippen molar-refractivity contribution in [1.82, 2.24) is 4.98 Å². The standard InChI is InChI=1S/C12H17ClN4O/c1-17(7-8-3-2-6-18-8)12-10(13)9(11(14)15)4-5-16-12/h4-5,8H,2-3,6-7H2,1H3,(H3,14,15). The minimum atomic E-state index is -0.0471. The predicted octanol–water partition coefficient (Wildman–Crippen LogP) is 1.63. The maximum atomic E-state index is 7.46. The molecule has 1 aromatic rings. The number of pyridine rings is 1. The fraction of sp³-hybridized carbons (Fsp3) is 0.500. The summed E-state index contributed by atoms with van der Waals surface area (Å²) in [5, 5.41) is 7.88. The molecular weight excluding hydrogens is 252 g/mol. The molecule has 2 heterocycles. The molecule has 1 fully saturated rings. The highest BCUT2D eigenvalue weighted by Crippen LogP contribution is 2.26. The van der Waals surface area contributed by atoms with E-state index in [0.29, 0.717) is 16.4 Å². The van der Waals surface area contributed by atoms with Crippen molar-refractivity contribution in [1.29, 1.82) is 5.41 Å². The van der Waals surface area contributed by atoms with Crippen molar-refractivity contribution in [3.05, 3.63) is 22.8 Å². The number of halogens is 1. The van der Waals surface area contributed by atoms with Crippen LogP contribution in [0.2, 0.25) is 5.02 Å². The lowest BCUT2D eigenvalue weighted by atomic mass is 10.2. The van der Waals surface area contributed by atoms with Gasteiger partial charge in [-0.3, -0.25) is 5.41 Å². The van der Waals surface area contributed by atoms with Crippen LogP contribution in [0.15, 0.2) is 12.3 Å². The number of nitrogens with two attached hydrogens (primary N) is 1. The summed E-state index contributed by atoms with van der Waals surface area (Å²) in [6.45, 7) is 1.57. The van der Waals surface area contributed by atoms with E-state index in [-0.39, 0.29) is 11.9 Å². The molecule has 1 aromatic heterocycles. The van der Waals surface area contributed by atoms with E-state index in [2.05, 4.69) is 4.98 Å². The zero-order valence-electron chi connectivity index (χ0n) is 10.3. The second-order valence-corrected chi connectivity index (χ2v) is 4.80. The van der Waals surface area contributed by atoms with Crippen LogP contribution in [0.4, 0.5) is 5.82 Å². The zero-order chi connectivity index (χ0) is 13.1. The molecule has 1 aliphatic heterocycles. The van der Waals surface area contributed by atoms with Gasteiger partial charge in [0, 0.05) is 32.0 Å². The van der Waals surface area contributed by atoms with Crippen molar-refractivity contribution in [2.45, 2.75) is 18.9 Å². The maximum absolute atomic E-state index is 7.46. The number of anilines is 1. The maximum Gasteiger partial charge on any atom is 0.147 e. The Morgan fingerprint density at radius 1 is 1.72 bits per heavy atom. The first kappa shape index (κ1) is 13.1. The first-order valence-electron chi connectivity index (χ1n) is 5.91. The summed E-state index contributed by atoms with van der Waals surface area (Å²) >= 11 is 6.22. The van der Waals surface area contributed by atoms with Crippen molar-refractivity contribution < 1.29 is 4.74 Å². The number of ether oxygens (including phenoxy) is 1. The average Bonchev–Trinajstić information content (AvgIpc) is 2.81. The molecule has 98 valence electrons. The topological polar surface area (TPSA) is 75.2 Å². The second-order valence-electron chi connectivity index (χ2n) is 4.43. The lowest BCUT2D eigenvalue weighted by molar-refractivity contribution is 0.116. The van der Waals surface area contributed by atoms with Crippen LogP contribution >= 0.6 is 11.6 Å². The van der Waals surface area contributed by atoms with E-state index in [4.69, 9.17) is 27.5 Å². The Morgan fingerprint density at radius 2 is 2.50 bits per heavy atom. The second kappa shape index (κ2) is 5.54. The fourth-order valence-electron chi connectivity index (χ4n) is 2.09. The molecule has 0 bridgehead atoms. The Kier molecular flexibility index (Phi) is 4.04. The summed E-state index contributed by atoms with van der Waals surface area (Å²) in [7, 11) is 1.92. The zero-order valence-corrected chi connectivity index (χ0v) is 11.1. The number of amidine groups is 1. The van der Waals surface area contributed by atoms with Gasteiger partial charge in [-0.25, -0.2) is 4.98 Å². The molecule has 5 nitrogen and oxygen atoms in total. The number of aromatic nitrogens is 1. The minimum absolute atomic E-state index is 0.0471. The van der Waals surface area contributed by atoms with E-state index in [1.807, 2.05) is 11.9 Å². The Labute approximate surface area is 111 Å². The van der Waals surface area contributed by atoms with Crippen molar-refractivity contribution in [3.8, 4) is 0 Å². The van der Waals surface area contributed by atoms with Gasteiger partial charge in [0.05, 0.1) is 11.1 Å². The van der Waals surface area contributed by atoms with Gasteiger partial charge in [-0.05, 0) is 18.9 Å². The Morgan fingerprint density at radius 3 is 3.11 bits per heavy atom. The summed E-state index contributed by atoms with van der Waals surface area (Å²) in [5.74, 6) is 0.592. The molecule has 1 saturated heterocycles. The molecule has 1 unspecified atom stereocenters. The molecule has 6 heteroatoms. The Bertz CT molecular complexity index is 446. The number of nitrogen functional groups attached to an aromatic ring is 1. The lowest BCUT2D eigenvalue weighted by Gasteiger charge is -2.23. The van der Waals surface area contributed by atoms with Crippen LogP contribution in [0.3, 0.4) is 0 Å². The number of hydrogen-bond donors (Lipinski definition) is 2. The molecule has 0 aromatic carbocycles. The highest BCUT2D eigenvalue weighted by molar-refractivity contribution is 6.36. The van der Waals surface area contributed by atoms with Crippen molar-refractivity contribution in [2.24, 2.45) is 5.73 Å². The van der Waals surface area contributed by atoms with Gasteiger partial charge in [-0.15, -0.1) is 0 Å². The van der Waals surface area contributed by atoms with Crippen LogP contribution in [-0.2, 0) is 4.74 Å². The van der Waals surface area contributed by atoms with E-state index < -0.39 is 0 Å². The molecule has 18 heavy (non-hydrogen) atoms. The third kappa shape index (κ3) is 2.73. The smallest absolute Gasteiger partial charge is 0.147 e. The molecule has 1 aliphatic rings. The highest BCUT2D eigenvalue weighted by Gasteiger charge is 2.20. The van der Waals surface area contributed by atoms with Crippen LogP contribution in [0.25, 0.3) is 0 Å². The summed E-state index contributed by atoms with van der Waals surface area (Å²) in [6, 6.07) is 1.65. The third-order valence-corrected chi connectivity index (χ3v) is 3.40. The molecule has 0 aliphatic carbocycles. The molecule has 0 saturated carbocycles. The molecule has 1 atom stereocenters. The normalized spacial score (nSPS) is 18.9. The van der Waals surface area contributed by atoms with Gasteiger partial charge in [0.15, 0.2) is 0 Å².